The summed E-state index contributed by atoms with van der Waals surface area (Å²) in [7, 11) is -10.8. The third-order valence-corrected chi connectivity index (χ3v) is 9.63. The molecule has 2 unspecified atom stereocenters. The fraction of sp³-hybridized carbons (Fsp3) is 0.478. The lowest BCUT2D eigenvalue weighted by Crippen LogP contribution is -2.43. The molecule has 1 amide bonds. The lowest BCUT2D eigenvalue weighted by molar-refractivity contribution is -0.0504. The number of aromatic nitrogens is 4. The summed E-state index contributed by atoms with van der Waals surface area (Å²) >= 11 is 0. The zero-order valence-corrected chi connectivity index (χ0v) is 24.9. The van der Waals surface area contributed by atoms with Gasteiger partial charge in [-0.2, -0.15) is 4.31 Å². The van der Waals surface area contributed by atoms with E-state index in [0.717, 1.165) is 11.2 Å². The van der Waals surface area contributed by atoms with Gasteiger partial charge in [0.1, 0.15) is 42.9 Å². The highest BCUT2D eigenvalue weighted by atomic mass is 31.3. The normalized spacial score (nSPS) is 29.5. The summed E-state index contributed by atoms with van der Waals surface area (Å²) in [4.78, 5) is 45.5. The number of phosphoric ester groups is 2. The average molecular weight is 676 g/mol. The van der Waals surface area contributed by atoms with Gasteiger partial charge in [0.15, 0.2) is 17.7 Å². The number of carbonyl (C=O) groups is 1. The number of ether oxygens (including phenoxy) is 2. The van der Waals surface area contributed by atoms with Crippen molar-refractivity contribution in [2.45, 2.75) is 49.4 Å². The summed E-state index contributed by atoms with van der Waals surface area (Å²) in [6.07, 6.45) is -7.64. The molecule has 3 aromatic rings. The Labute approximate surface area is 253 Å². The van der Waals surface area contributed by atoms with Crippen LogP contribution in [0.2, 0.25) is 0 Å². The topological polar surface area (TPSA) is 292 Å². The number of hydrogen-bond acceptors (Lipinski definition) is 16. The number of benzene rings is 1. The molecule has 0 saturated carbocycles. The number of nitrogens with two attached hydrogens (primary N) is 1. The van der Waals surface area contributed by atoms with Crippen LogP contribution in [0.15, 0.2) is 43.0 Å². The van der Waals surface area contributed by atoms with Crippen LogP contribution in [0.3, 0.4) is 0 Å². The number of β-amino-alcohol motifs (C(OH)–C–C–N with tert-alkyl or cyclic N) is 1. The predicted octanol–water partition coefficient (Wildman–Crippen LogP) is -0.979. The third kappa shape index (κ3) is 7.49. The number of anilines is 1. The highest BCUT2D eigenvalue weighted by molar-refractivity contribution is 7.61. The first-order valence-corrected chi connectivity index (χ1v) is 16.2. The van der Waals surface area contributed by atoms with E-state index in [-0.39, 0.29) is 23.6 Å². The van der Waals surface area contributed by atoms with Crippen LogP contribution >= 0.6 is 15.6 Å². The van der Waals surface area contributed by atoms with Crippen LogP contribution < -0.4 is 5.73 Å². The molecular weight excluding hydrogens is 646 g/mol. The van der Waals surface area contributed by atoms with Crippen LogP contribution in [0.1, 0.15) is 11.8 Å². The van der Waals surface area contributed by atoms with E-state index in [0.29, 0.717) is 5.56 Å². The lowest BCUT2D eigenvalue weighted by Gasteiger charge is -2.26. The van der Waals surface area contributed by atoms with Gasteiger partial charge in [0.25, 0.3) is 0 Å². The van der Waals surface area contributed by atoms with Crippen molar-refractivity contribution < 1.29 is 67.0 Å². The molecule has 0 bridgehead atoms. The number of nitrogen functional groups attached to an aromatic ring is 1. The summed E-state index contributed by atoms with van der Waals surface area (Å²) in [5.41, 5.74) is 6.77. The van der Waals surface area contributed by atoms with Crippen LogP contribution in [0.4, 0.5) is 10.6 Å². The van der Waals surface area contributed by atoms with E-state index >= 15 is 0 Å². The monoisotopic (exact) mass is 676 g/mol. The highest BCUT2D eigenvalue weighted by Gasteiger charge is 2.48. The zero-order chi connectivity index (χ0) is 32.5. The molecule has 2 aliphatic rings. The van der Waals surface area contributed by atoms with Gasteiger partial charge in [-0.15, -0.1) is 0 Å². The molecule has 22 heteroatoms. The fourth-order valence-corrected chi connectivity index (χ4v) is 6.85. The molecule has 246 valence electrons. The molecule has 20 nitrogen and oxygen atoms in total. The number of likely N-dealkylation sites (tertiary alicyclic amines) is 1. The van der Waals surface area contributed by atoms with E-state index in [2.05, 4.69) is 19.3 Å². The Morgan fingerprint density at radius 3 is 2.38 bits per heavy atom. The first-order chi connectivity index (χ1) is 21.3. The van der Waals surface area contributed by atoms with Crippen molar-refractivity contribution in [2.24, 2.45) is 0 Å². The van der Waals surface area contributed by atoms with Gasteiger partial charge in [-0.05, 0) is 5.56 Å². The SMILES string of the molecule is Nc1ncnc2c1ncn2[C@@H]1O[C@H](COP(=O)(O)OP(=O)(O)OC[C@@H]2[C@@H](O)[C@@H](O)CN2C(=O)OCc2ccccc2)[C@@H](O)[C@H]1O. The van der Waals surface area contributed by atoms with Gasteiger partial charge >= 0.3 is 21.7 Å². The van der Waals surface area contributed by atoms with E-state index in [1.54, 1.807) is 30.3 Å². The number of aliphatic hydroxyl groups is 4. The molecule has 0 aliphatic carbocycles. The van der Waals surface area contributed by atoms with Gasteiger partial charge in [-0.1, -0.05) is 30.3 Å². The van der Waals surface area contributed by atoms with Crippen LogP contribution in [0.5, 0.6) is 0 Å². The maximum atomic E-state index is 12.6. The Bertz CT molecular complexity index is 1600. The number of carbonyl (C=O) groups excluding carboxylic acids is 1. The van der Waals surface area contributed by atoms with Crippen molar-refractivity contribution in [3.63, 3.8) is 0 Å². The van der Waals surface area contributed by atoms with Gasteiger partial charge in [-0.25, -0.2) is 28.9 Å². The number of nitrogens with zero attached hydrogens (tertiary/aromatic N) is 5. The Morgan fingerprint density at radius 1 is 0.978 bits per heavy atom. The molecular formula is C23H30N6O14P2. The maximum absolute atomic E-state index is 12.6. The predicted molar refractivity (Wildman–Crippen MR) is 147 cm³/mol. The largest absolute Gasteiger partial charge is 0.481 e. The second-order valence-electron chi connectivity index (χ2n) is 10.1. The first-order valence-electron chi connectivity index (χ1n) is 13.2. The van der Waals surface area contributed by atoms with Gasteiger partial charge < -0.3 is 45.4 Å². The van der Waals surface area contributed by atoms with Gasteiger partial charge in [0, 0.05) is 0 Å². The molecule has 2 aromatic heterocycles. The molecule has 2 aliphatic heterocycles. The Balaban J connectivity index is 1.15. The number of amides is 1. The number of hydrogen-bond donors (Lipinski definition) is 7. The van der Waals surface area contributed by atoms with Gasteiger partial charge in [0.2, 0.25) is 0 Å². The molecule has 5 rings (SSSR count). The lowest BCUT2D eigenvalue weighted by atomic mass is 10.1. The highest BCUT2D eigenvalue weighted by Crippen LogP contribution is 2.60. The minimum atomic E-state index is -5.41. The second kappa shape index (κ2) is 13.3. The summed E-state index contributed by atoms with van der Waals surface area (Å²) in [5, 5.41) is 41.3. The molecule has 0 spiro atoms. The standard InChI is InChI=1S/C23H30N6O14P2/c24-20-16-21(26-10-25-20)29(11-27-16)22-19(33)18(32)15(42-22)9-41-45(37,38)43-44(35,36)40-8-13-17(31)14(30)6-28(13)23(34)39-7-12-4-2-1-3-5-12/h1-5,10-11,13-15,17-19,22,30-33H,6-9H2,(H,35,36)(H,37,38)(H2,24,25,26)/t13-,14+,15-,17-,18-,19-,22-/m1/s1. The van der Waals surface area contributed by atoms with Crippen LogP contribution in [-0.4, -0.2) is 117 Å². The van der Waals surface area contributed by atoms with E-state index in [1.165, 1.54) is 10.9 Å². The molecule has 0 radical (unpaired) electrons. The smallest absolute Gasteiger partial charge is 0.445 e. The quantitative estimate of drug-likeness (QED) is 0.120. The Morgan fingerprint density at radius 2 is 1.67 bits per heavy atom. The fourth-order valence-electron chi connectivity index (χ4n) is 4.76. The molecule has 2 saturated heterocycles. The Hall–Kier alpha value is -3.10. The Kier molecular flexibility index (Phi) is 9.85. The summed E-state index contributed by atoms with van der Waals surface area (Å²) < 4.78 is 50.7. The molecule has 1 aromatic carbocycles. The van der Waals surface area contributed by atoms with Gasteiger partial charge in [0.05, 0.1) is 38.2 Å². The second-order valence-corrected chi connectivity index (χ2v) is 13.1. The number of phosphoric acid groups is 2. The minimum absolute atomic E-state index is 0.0509. The average Bonchev–Trinajstić information content (AvgIpc) is 3.64. The van der Waals surface area contributed by atoms with Crippen molar-refractivity contribution in [1.29, 1.82) is 0 Å². The summed E-state index contributed by atoms with van der Waals surface area (Å²) in [6, 6.07) is 7.22. The van der Waals surface area contributed by atoms with E-state index in [4.69, 9.17) is 24.3 Å². The van der Waals surface area contributed by atoms with Crippen molar-refractivity contribution in [3.8, 4) is 0 Å². The van der Waals surface area contributed by atoms with Gasteiger partial charge in [-0.3, -0.25) is 18.5 Å². The van der Waals surface area contributed by atoms with E-state index in [9.17, 15) is 44.1 Å². The van der Waals surface area contributed by atoms with E-state index < -0.39 is 84.3 Å². The number of aliphatic hydroxyl groups excluding tert-OH is 4. The summed E-state index contributed by atoms with van der Waals surface area (Å²) in [5.74, 6) is 0.0509. The zero-order valence-electron chi connectivity index (χ0n) is 23.1. The van der Waals surface area contributed by atoms with Crippen molar-refractivity contribution >= 4 is 38.7 Å². The van der Waals surface area contributed by atoms with Crippen molar-refractivity contribution in [2.75, 3.05) is 25.5 Å². The van der Waals surface area contributed by atoms with Crippen molar-refractivity contribution in [1.82, 2.24) is 24.4 Å². The molecule has 9 atom stereocenters. The number of imidazole rings is 1. The van der Waals surface area contributed by atoms with Crippen LogP contribution in [-0.2, 0) is 38.6 Å². The molecule has 8 N–H and O–H groups in total. The van der Waals surface area contributed by atoms with Crippen LogP contribution in [0.25, 0.3) is 11.2 Å². The number of rotatable bonds is 11. The molecule has 45 heavy (non-hydrogen) atoms. The molecule has 4 heterocycles. The maximum Gasteiger partial charge on any atom is 0.481 e. The van der Waals surface area contributed by atoms with Crippen molar-refractivity contribution in [3.05, 3.63) is 48.5 Å². The third-order valence-electron chi connectivity index (χ3n) is 7.03. The number of fused-ring (bicyclic) bond motifs is 1. The first kappa shape index (κ1) is 33.3. The molecule has 2 fully saturated rings. The minimum Gasteiger partial charge on any atom is -0.445 e. The van der Waals surface area contributed by atoms with E-state index in [1.807, 2.05) is 0 Å². The summed E-state index contributed by atoms with van der Waals surface area (Å²) in [6.45, 7) is -2.35. The van der Waals surface area contributed by atoms with Crippen LogP contribution in [0, 0.1) is 0 Å².